The van der Waals surface area contributed by atoms with Gasteiger partial charge in [0.25, 0.3) is 5.56 Å². The Balaban J connectivity index is 1.98. The largest absolute Gasteiger partial charge is 0.494 e. The lowest BCUT2D eigenvalue weighted by atomic mass is 9.90. The predicted octanol–water partition coefficient (Wildman–Crippen LogP) is 2.63. The standard InChI is InChI=1S/C17H18N4O2S/c1-2-8-7-10-9-5-3-4-6-11(9)19-13(10)14(18-8)12-15(22)20-17(24)21-16(12)23/h3-6,8,14,18-19H,2,7H2,1H3,(H3,20,21,22,23,24)/t8-,14+/m1/s1. The molecule has 0 unspecified atom stereocenters. The van der Waals surface area contributed by atoms with Gasteiger partial charge in [0, 0.05) is 22.6 Å². The van der Waals surface area contributed by atoms with Crippen molar-refractivity contribution in [3.8, 4) is 5.88 Å². The number of hydrogen-bond acceptors (Lipinski definition) is 4. The minimum atomic E-state index is -0.415. The Morgan fingerprint density at radius 2 is 2.04 bits per heavy atom. The first-order chi connectivity index (χ1) is 11.6. The number of para-hydroxylation sites is 1. The van der Waals surface area contributed by atoms with E-state index in [0.29, 0.717) is 0 Å². The van der Waals surface area contributed by atoms with Crippen LogP contribution in [0.5, 0.6) is 5.88 Å². The molecule has 0 bridgehead atoms. The molecule has 0 saturated heterocycles. The van der Waals surface area contributed by atoms with Crippen molar-refractivity contribution in [2.75, 3.05) is 0 Å². The van der Waals surface area contributed by atoms with Crippen LogP contribution in [0, 0.1) is 4.77 Å². The summed E-state index contributed by atoms with van der Waals surface area (Å²) in [6.07, 6.45) is 1.81. The predicted molar refractivity (Wildman–Crippen MR) is 95.0 cm³/mol. The Kier molecular flexibility index (Phi) is 3.54. The van der Waals surface area contributed by atoms with Crippen molar-refractivity contribution in [2.24, 2.45) is 0 Å². The molecule has 24 heavy (non-hydrogen) atoms. The number of aromatic amines is 3. The molecule has 124 valence electrons. The summed E-state index contributed by atoms with van der Waals surface area (Å²) in [4.78, 5) is 21.0. The van der Waals surface area contributed by atoms with Gasteiger partial charge in [-0.1, -0.05) is 25.1 Å². The van der Waals surface area contributed by atoms with Crippen LogP contribution in [0.4, 0.5) is 0 Å². The Bertz CT molecular complexity index is 1030. The summed E-state index contributed by atoms with van der Waals surface area (Å²) in [5.41, 5.74) is 3.03. The van der Waals surface area contributed by atoms with Gasteiger partial charge in [-0.3, -0.25) is 9.78 Å². The maximum Gasteiger partial charge on any atom is 0.260 e. The van der Waals surface area contributed by atoms with Crippen LogP contribution in [0.2, 0.25) is 0 Å². The number of benzene rings is 1. The fourth-order valence-electron chi connectivity index (χ4n) is 3.55. The van der Waals surface area contributed by atoms with Crippen LogP contribution in [0.25, 0.3) is 10.9 Å². The second-order valence-electron chi connectivity index (χ2n) is 6.14. The van der Waals surface area contributed by atoms with Crippen molar-refractivity contribution in [1.29, 1.82) is 0 Å². The summed E-state index contributed by atoms with van der Waals surface area (Å²) in [6.45, 7) is 2.11. The second-order valence-corrected chi connectivity index (χ2v) is 6.55. The zero-order chi connectivity index (χ0) is 16.8. The van der Waals surface area contributed by atoms with Gasteiger partial charge in [0.1, 0.15) is 5.56 Å². The lowest BCUT2D eigenvalue weighted by Crippen LogP contribution is -2.41. The van der Waals surface area contributed by atoms with Gasteiger partial charge >= 0.3 is 0 Å². The SMILES string of the molecule is CC[C@@H]1Cc2c([nH]c3ccccc23)[C@H](c2c(O)[nH]c(=S)[nH]c2=O)N1. The highest BCUT2D eigenvalue weighted by molar-refractivity contribution is 7.71. The molecule has 0 amide bonds. The molecule has 0 fully saturated rings. The van der Waals surface area contributed by atoms with Crippen LogP contribution in [0.3, 0.4) is 0 Å². The highest BCUT2D eigenvalue weighted by Crippen LogP contribution is 2.36. The summed E-state index contributed by atoms with van der Waals surface area (Å²) in [5.74, 6) is -0.192. The molecule has 2 atom stereocenters. The molecule has 5 N–H and O–H groups in total. The lowest BCUT2D eigenvalue weighted by molar-refractivity contribution is 0.393. The number of fused-ring (bicyclic) bond motifs is 3. The molecule has 0 saturated carbocycles. The molecule has 6 nitrogen and oxygen atoms in total. The van der Waals surface area contributed by atoms with Gasteiger partial charge in [-0.2, -0.15) is 0 Å². The molecular formula is C17H18N4O2S. The molecule has 0 aliphatic carbocycles. The summed E-state index contributed by atoms with van der Waals surface area (Å²) < 4.78 is 0.112. The van der Waals surface area contributed by atoms with E-state index in [4.69, 9.17) is 12.2 Å². The number of aromatic nitrogens is 3. The van der Waals surface area contributed by atoms with Crippen LogP contribution in [-0.4, -0.2) is 26.1 Å². The third kappa shape index (κ3) is 2.28. The van der Waals surface area contributed by atoms with Gasteiger partial charge in [0.15, 0.2) is 4.77 Å². The van der Waals surface area contributed by atoms with E-state index in [1.165, 1.54) is 5.56 Å². The molecule has 7 heteroatoms. The monoisotopic (exact) mass is 342 g/mol. The Morgan fingerprint density at radius 3 is 2.79 bits per heavy atom. The van der Waals surface area contributed by atoms with Gasteiger partial charge in [0.2, 0.25) is 5.88 Å². The van der Waals surface area contributed by atoms with Crippen molar-refractivity contribution < 1.29 is 5.11 Å². The number of aromatic hydroxyl groups is 1. The summed E-state index contributed by atoms with van der Waals surface area (Å²) in [6, 6.07) is 7.91. The van der Waals surface area contributed by atoms with Crippen molar-refractivity contribution in [3.63, 3.8) is 0 Å². The van der Waals surface area contributed by atoms with E-state index >= 15 is 0 Å². The van der Waals surface area contributed by atoms with Crippen LogP contribution < -0.4 is 10.9 Å². The zero-order valence-corrected chi connectivity index (χ0v) is 14.0. The fraction of sp³-hybridized carbons (Fsp3) is 0.294. The number of rotatable bonds is 2. The van der Waals surface area contributed by atoms with Crippen LogP contribution in [-0.2, 0) is 6.42 Å². The topological polar surface area (TPSA) is 96.7 Å². The van der Waals surface area contributed by atoms with E-state index in [0.717, 1.165) is 29.4 Å². The van der Waals surface area contributed by atoms with E-state index < -0.39 is 6.04 Å². The van der Waals surface area contributed by atoms with Crippen LogP contribution in [0.15, 0.2) is 29.1 Å². The maximum absolute atomic E-state index is 12.4. The third-order valence-electron chi connectivity index (χ3n) is 4.73. The van der Waals surface area contributed by atoms with Crippen molar-refractivity contribution in [1.82, 2.24) is 20.3 Å². The average molecular weight is 342 g/mol. The smallest absolute Gasteiger partial charge is 0.260 e. The first-order valence-electron chi connectivity index (χ1n) is 7.99. The number of H-pyrrole nitrogens is 3. The first-order valence-corrected chi connectivity index (χ1v) is 8.40. The van der Waals surface area contributed by atoms with E-state index in [9.17, 15) is 9.90 Å². The minimum Gasteiger partial charge on any atom is -0.494 e. The average Bonchev–Trinajstić information content (AvgIpc) is 2.92. The minimum absolute atomic E-state index is 0.112. The van der Waals surface area contributed by atoms with E-state index in [-0.39, 0.29) is 27.8 Å². The van der Waals surface area contributed by atoms with Gasteiger partial charge in [-0.15, -0.1) is 0 Å². The third-order valence-corrected chi connectivity index (χ3v) is 4.93. The maximum atomic E-state index is 12.4. The van der Waals surface area contributed by atoms with Crippen LogP contribution >= 0.6 is 12.2 Å². The Hall–Kier alpha value is -2.38. The van der Waals surface area contributed by atoms with Gasteiger partial charge in [0.05, 0.1) is 6.04 Å². The van der Waals surface area contributed by atoms with Crippen molar-refractivity contribution >= 4 is 23.1 Å². The molecule has 1 aliphatic heterocycles. The van der Waals surface area contributed by atoms with Gasteiger partial charge in [-0.25, -0.2) is 0 Å². The molecule has 1 aromatic carbocycles. The summed E-state index contributed by atoms with van der Waals surface area (Å²) in [5, 5.41) is 14.9. The van der Waals surface area contributed by atoms with E-state index in [2.05, 4.69) is 33.3 Å². The van der Waals surface area contributed by atoms with Crippen LogP contribution in [0.1, 0.15) is 36.2 Å². The number of nitrogens with one attached hydrogen (secondary N) is 4. The highest BCUT2D eigenvalue weighted by Gasteiger charge is 2.33. The second kappa shape index (κ2) is 5.61. The van der Waals surface area contributed by atoms with Gasteiger partial charge in [-0.05, 0) is 36.7 Å². The van der Waals surface area contributed by atoms with Crippen molar-refractivity contribution in [2.45, 2.75) is 31.8 Å². The lowest BCUT2D eigenvalue weighted by Gasteiger charge is -2.30. The molecule has 3 heterocycles. The summed E-state index contributed by atoms with van der Waals surface area (Å²) >= 11 is 4.93. The molecule has 2 aromatic heterocycles. The molecule has 1 aliphatic rings. The molecular weight excluding hydrogens is 324 g/mol. The van der Waals surface area contributed by atoms with E-state index in [1.807, 2.05) is 18.2 Å². The molecule has 3 aromatic rings. The zero-order valence-electron chi connectivity index (χ0n) is 13.1. The van der Waals surface area contributed by atoms with E-state index in [1.54, 1.807) is 0 Å². The number of hydrogen-bond donors (Lipinski definition) is 5. The quantitative estimate of drug-likeness (QED) is 0.463. The normalized spacial score (nSPS) is 20.2. The molecule has 0 radical (unpaired) electrons. The highest BCUT2D eigenvalue weighted by atomic mass is 32.1. The Morgan fingerprint density at radius 1 is 1.25 bits per heavy atom. The van der Waals surface area contributed by atoms with Crippen molar-refractivity contribution in [3.05, 3.63) is 56.2 Å². The summed E-state index contributed by atoms with van der Waals surface area (Å²) in [7, 11) is 0. The van der Waals surface area contributed by atoms with Gasteiger partial charge < -0.3 is 20.4 Å². The fourth-order valence-corrected chi connectivity index (χ4v) is 3.74. The molecule has 0 spiro atoms. The first kappa shape index (κ1) is 15.2. The Labute approximate surface area is 143 Å². The molecule has 4 rings (SSSR count).